The van der Waals surface area contributed by atoms with Crippen molar-refractivity contribution in [2.24, 2.45) is 5.10 Å². The molecule has 0 aliphatic carbocycles. The zero-order chi connectivity index (χ0) is 17.9. The highest BCUT2D eigenvalue weighted by Crippen LogP contribution is 2.37. The third kappa shape index (κ3) is 3.39. The van der Waals surface area contributed by atoms with Crippen LogP contribution in [0.25, 0.3) is 0 Å². The Bertz CT molecular complexity index is 884. The van der Waals surface area contributed by atoms with E-state index in [1.807, 2.05) is 0 Å². The molecular formula is C18H15ClN2O5. The maximum atomic E-state index is 12.2. The Morgan fingerprint density at radius 3 is 2.81 bits per heavy atom. The summed E-state index contributed by atoms with van der Waals surface area (Å²) in [5.41, 5.74) is 3.57. The summed E-state index contributed by atoms with van der Waals surface area (Å²) in [4.78, 5) is 12.2. The van der Waals surface area contributed by atoms with Crippen molar-refractivity contribution in [3.63, 3.8) is 0 Å². The minimum absolute atomic E-state index is 0.156. The first-order valence-corrected chi connectivity index (χ1v) is 8.41. The summed E-state index contributed by atoms with van der Waals surface area (Å²) in [5.74, 6) is 1.90. The van der Waals surface area contributed by atoms with Gasteiger partial charge in [-0.05, 0) is 35.9 Å². The highest BCUT2D eigenvalue weighted by Gasteiger charge is 2.17. The molecule has 2 aromatic rings. The van der Waals surface area contributed by atoms with Crippen LogP contribution in [0.4, 0.5) is 0 Å². The normalized spacial score (nSPS) is 15.0. The van der Waals surface area contributed by atoms with E-state index in [-0.39, 0.29) is 12.7 Å². The van der Waals surface area contributed by atoms with Crippen LogP contribution in [-0.2, 0) is 0 Å². The van der Waals surface area contributed by atoms with Gasteiger partial charge in [-0.25, -0.2) is 5.43 Å². The molecule has 0 unspecified atom stereocenters. The fourth-order valence-corrected chi connectivity index (χ4v) is 2.87. The summed E-state index contributed by atoms with van der Waals surface area (Å²) in [6.45, 7) is 1.28. The molecule has 2 aliphatic heterocycles. The second kappa shape index (κ2) is 7.13. The molecule has 2 aliphatic rings. The van der Waals surface area contributed by atoms with Gasteiger partial charge in [0.25, 0.3) is 5.91 Å². The van der Waals surface area contributed by atoms with E-state index in [4.69, 9.17) is 30.5 Å². The van der Waals surface area contributed by atoms with Gasteiger partial charge in [0.2, 0.25) is 6.79 Å². The van der Waals surface area contributed by atoms with Crippen LogP contribution in [0.15, 0.2) is 35.4 Å². The third-order valence-electron chi connectivity index (χ3n) is 3.84. The van der Waals surface area contributed by atoms with E-state index in [2.05, 4.69) is 10.5 Å². The van der Waals surface area contributed by atoms with Crippen LogP contribution in [-0.4, -0.2) is 32.1 Å². The number of carbonyl (C=O) groups excluding carboxylic acids is 1. The van der Waals surface area contributed by atoms with Gasteiger partial charge < -0.3 is 18.9 Å². The predicted molar refractivity (Wildman–Crippen MR) is 94.7 cm³/mol. The van der Waals surface area contributed by atoms with Crippen molar-refractivity contribution >= 4 is 23.7 Å². The number of benzene rings is 2. The van der Waals surface area contributed by atoms with Gasteiger partial charge in [-0.1, -0.05) is 11.6 Å². The minimum Gasteiger partial charge on any atom is -0.489 e. The first-order chi connectivity index (χ1) is 12.7. The molecule has 0 radical (unpaired) electrons. The van der Waals surface area contributed by atoms with E-state index >= 15 is 0 Å². The molecule has 0 bridgehead atoms. The van der Waals surface area contributed by atoms with E-state index in [0.717, 1.165) is 6.42 Å². The molecule has 0 saturated heterocycles. The standard InChI is InChI=1S/C18H15ClN2O5/c19-13-6-11(7-16-17(13)24-5-1-4-23-16)9-20-21-18(22)12-2-3-14-15(8-12)26-10-25-14/h2-3,6-9H,1,4-5,10H2,(H,21,22)/b20-9-. The largest absolute Gasteiger partial charge is 0.489 e. The lowest BCUT2D eigenvalue weighted by Gasteiger charge is -2.09. The first-order valence-electron chi connectivity index (χ1n) is 8.03. The molecule has 1 amide bonds. The maximum absolute atomic E-state index is 12.2. The van der Waals surface area contributed by atoms with Crippen LogP contribution < -0.4 is 24.4 Å². The summed E-state index contributed by atoms with van der Waals surface area (Å²) in [6, 6.07) is 8.40. The molecule has 134 valence electrons. The molecule has 0 atom stereocenters. The lowest BCUT2D eigenvalue weighted by atomic mass is 10.2. The monoisotopic (exact) mass is 374 g/mol. The number of amides is 1. The van der Waals surface area contributed by atoms with Crippen molar-refractivity contribution in [2.45, 2.75) is 6.42 Å². The highest BCUT2D eigenvalue weighted by molar-refractivity contribution is 6.32. The van der Waals surface area contributed by atoms with Crippen molar-refractivity contribution < 1.29 is 23.7 Å². The zero-order valence-corrected chi connectivity index (χ0v) is 14.4. The van der Waals surface area contributed by atoms with Crippen molar-refractivity contribution in [2.75, 3.05) is 20.0 Å². The summed E-state index contributed by atoms with van der Waals surface area (Å²) < 4.78 is 21.7. The van der Waals surface area contributed by atoms with Gasteiger partial charge >= 0.3 is 0 Å². The molecule has 7 nitrogen and oxygen atoms in total. The summed E-state index contributed by atoms with van der Waals surface area (Å²) >= 11 is 6.23. The number of ether oxygens (including phenoxy) is 4. The SMILES string of the molecule is O=C(N/N=C\c1cc(Cl)c2c(c1)OCCCO2)c1ccc2c(c1)OCO2. The molecule has 2 aromatic carbocycles. The lowest BCUT2D eigenvalue weighted by molar-refractivity contribution is 0.0954. The maximum Gasteiger partial charge on any atom is 0.271 e. The molecule has 0 saturated carbocycles. The van der Waals surface area contributed by atoms with Crippen LogP contribution >= 0.6 is 11.6 Å². The average Bonchev–Trinajstić information content (AvgIpc) is 2.98. The molecule has 0 fully saturated rings. The molecule has 4 rings (SSSR count). The third-order valence-corrected chi connectivity index (χ3v) is 4.12. The number of hydrogen-bond acceptors (Lipinski definition) is 6. The topological polar surface area (TPSA) is 78.4 Å². The Morgan fingerprint density at radius 2 is 1.88 bits per heavy atom. The van der Waals surface area contributed by atoms with E-state index in [0.29, 0.717) is 52.4 Å². The Morgan fingerprint density at radius 1 is 1.04 bits per heavy atom. The molecular weight excluding hydrogens is 360 g/mol. The van der Waals surface area contributed by atoms with Gasteiger partial charge in [-0.15, -0.1) is 0 Å². The lowest BCUT2D eigenvalue weighted by Crippen LogP contribution is -2.17. The predicted octanol–water partition coefficient (Wildman–Crippen LogP) is 2.99. The minimum atomic E-state index is -0.361. The number of hydrogen-bond donors (Lipinski definition) is 1. The molecule has 26 heavy (non-hydrogen) atoms. The van der Waals surface area contributed by atoms with E-state index in [1.54, 1.807) is 30.3 Å². The number of halogens is 1. The van der Waals surface area contributed by atoms with Gasteiger partial charge in [0.1, 0.15) is 0 Å². The van der Waals surface area contributed by atoms with Crippen molar-refractivity contribution in [1.82, 2.24) is 5.43 Å². The summed E-state index contributed by atoms with van der Waals surface area (Å²) in [7, 11) is 0. The average molecular weight is 375 g/mol. The zero-order valence-electron chi connectivity index (χ0n) is 13.7. The Kier molecular flexibility index (Phi) is 4.53. The number of nitrogens with zero attached hydrogens (tertiary/aromatic N) is 1. The Balaban J connectivity index is 1.46. The van der Waals surface area contributed by atoms with E-state index in [1.165, 1.54) is 6.21 Å². The number of nitrogens with one attached hydrogen (secondary N) is 1. The summed E-state index contributed by atoms with van der Waals surface area (Å²) in [6.07, 6.45) is 2.28. The van der Waals surface area contributed by atoms with Gasteiger partial charge in [-0.2, -0.15) is 5.10 Å². The van der Waals surface area contributed by atoms with Gasteiger partial charge in [0.15, 0.2) is 23.0 Å². The number of carbonyl (C=O) groups is 1. The fraction of sp³-hybridized carbons (Fsp3) is 0.222. The Hall–Kier alpha value is -2.93. The molecule has 0 spiro atoms. The molecule has 0 aromatic heterocycles. The van der Waals surface area contributed by atoms with Crippen LogP contribution in [0, 0.1) is 0 Å². The van der Waals surface area contributed by atoms with Crippen LogP contribution in [0.1, 0.15) is 22.3 Å². The van der Waals surface area contributed by atoms with Crippen LogP contribution in [0.3, 0.4) is 0 Å². The van der Waals surface area contributed by atoms with Crippen molar-refractivity contribution in [1.29, 1.82) is 0 Å². The van der Waals surface area contributed by atoms with Crippen LogP contribution in [0.5, 0.6) is 23.0 Å². The van der Waals surface area contributed by atoms with Gasteiger partial charge in [-0.3, -0.25) is 4.79 Å². The van der Waals surface area contributed by atoms with E-state index < -0.39 is 0 Å². The Labute approximate surface area is 154 Å². The fourth-order valence-electron chi connectivity index (χ4n) is 2.59. The smallest absolute Gasteiger partial charge is 0.271 e. The number of fused-ring (bicyclic) bond motifs is 2. The molecule has 2 heterocycles. The van der Waals surface area contributed by atoms with Crippen molar-refractivity contribution in [3.05, 3.63) is 46.5 Å². The first kappa shape index (κ1) is 16.5. The molecule has 1 N–H and O–H groups in total. The number of rotatable bonds is 3. The van der Waals surface area contributed by atoms with Crippen LogP contribution in [0.2, 0.25) is 5.02 Å². The second-order valence-corrected chi connectivity index (χ2v) is 6.05. The van der Waals surface area contributed by atoms with Crippen molar-refractivity contribution in [3.8, 4) is 23.0 Å². The molecule has 8 heteroatoms. The number of hydrazone groups is 1. The highest BCUT2D eigenvalue weighted by atomic mass is 35.5. The van der Waals surface area contributed by atoms with Gasteiger partial charge in [0.05, 0.1) is 24.5 Å². The summed E-state index contributed by atoms with van der Waals surface area (Å²) in [5, 5.41) is 4.41. The second-order valence-electron chi connectivity index (χ2n) is 5.65. The van der Waals surface area contributed by atoms with E-state index in [9.17, 15) is 4.79 Å². The quantitative estimate of drug-likeness (QED) is 0.660. The van der Waals surface area contributed by atoms with Gasteiger partial charge in [0, 0.05) is 12.0 Å².